The Hall–Kier alpha value is -1.55. The van der Waals surface area contributed by atoms with E-state index in [0.29, 0.717) is 0 Å². The Morgan fingerprint density at radius 3 is 2.50 bits per heavy atom. The molecule has 2 N–H and O–H groups in total. The Balaban J connectivity index is 1.98. The second kappa shape index (κ2) is 5.40. The monoisotopic (exact) mass is 247 g/mol. The molecule has 18 heavy (non-hydrogen) atoms. The van der Waals surface area contributed by atoms with Gasteiger partial charge in [-0.05, 0) is 44.2 Å². The molecule has 4 nitrogen and oxygen atoms in total. The number of anilines is 2. The van der Waals surface area contributed by atoms with E-state index in [1.807, 2.05) is 43.3 Å². The summed E-state index contributed by atoms with van der Waals surface area (Å²) in [4.78, 5) is 14.1. The molecule has 2 atom stereocenters. The van der Waals surface area contributed by atoms with Gasteiger partial charge >= 0.3 is 0 Å². The normalized spacial score (nSPS) is 22.8. The van der Waals surface area contributed by atoms with Crippen molar-refractivity contribution in [2.45, 2.75) is 19.4 Å². The number of carbonyl (C=O) groups excluding carboxylic acids is 1. The van der Waals surface area contributed by atoms with E-state index in [1.165, 1.54) is 0 Å². The summed E-state index contributed by atoms with van der Waals surface area (Å²) in [6, 6.07) is 8.17. The smallest absolute Gasteiger partial charge is 0.229 e. The minimum atomic E-state index is 0.0820. The topological polar surface area (TPSA) is 44.4 Å². The number of carbonyl (C=O) groups is 1. The minimum absolute atomic E-state index is 0.0820. The van der Waals surface area contributed by atoms with Gasteiger partial charge in [-0.2, -0.15) is 0 Å². The second-order valence-corrected chi connectivity index (χ2v) is 5.07. The Labute approximate surface area is 108 Å². The maximum Gasteiger partial charge on any atom is 0.229 e. The molecular formula is C14H21N3O. The molecule has 1 heterocycles. The van der Waals surface area contributed by atoms with Gasteiger partial charge in [-0.3, -0.25) is 4.79 Å². The molecule has 0 spiro atoms. The molecule has 1 aromatic carbocycles. The summed E-state index contributed by atoms with van der Waals surface area (Å²) in [6.45, 7) is 2.99. The average Bonchev–Trinajstić information content (AvgIpc) is 2.76. The molecule has 4 heteroatoms. The zero-order valence-corrected chi connectivity index (χ0v) is 11.2. The van der Waals surface area contributed by atoms with Crippen LogP contribution in [-0.4, -0.2) is 32.6 Å². The summed E-state index contributed by atoms with van der Waals surface area (Å²) in [5.74, 6) is 0.198. The number of nitrogens with zero attached hydrogens (tertiary/aromatic N) is 1. The Morgan fingerprint density at radius 1 is 1.33 bits per heavy atom. The van der Waals surface area contributed by atoms with Crippen molar-refractivity contribution in [3.8, 4) is 0 Å². The van der Waals surface area contributed by atoms with Gasteiger partial charge in [-0.25, -0.2) is 0 Å². The van der Waals surface area contributed by atoms with Crippen LogP contribution < -0.4 is 15.5 Å². The maximum atomic E-state index is 12.1. The van der Waals surface area contributed by atoms with E-state index in [1.54, 1.807) is 0 Å². The number of hydrogen-bond donors (Lipinski definition) is 2. The van der Waals surface area contributed by atoms with E-state index in [0.717, 1.165) is 24.3 Å². The quantitative estimate of drug-likeness (QED) is 0.854. The van der Waals surface area contributed by atoms with Crippen molar-refractivity contribution in [1.29, 1.82) is 0 Å². The molecule has 1 aliphatic rings. The summed E-state index contributed by atoms with van der Waals surface area (Å²) in [7, 11) is 4.00. The van der Waals surface area contributed by atoms with E-state index in [-0.39, 0.29) is 17.9 Å². The van der Waals surface area contributed by atoms with Crippen LogP contribution in [0.3, 0.4) is 0 Å². The first-order valence-corrected chi connectivity index (χ1v) is 6.39. The van der Waals surface area contributed by atoms with Crippen LogP contribution in [0.15, 0.2) is 24.3 Å². The van der Waals surface area contributed by atoms with Gasteiger partial charge in [0.1, 0.15) is 0 Å². The lowest BCUT2D eigenvalue weighted by Gasteiger charge is -2.16. The highest BCUT2D eigenvalue weighted by molar-refractivity contribution is 5.93. The van der Waals surface area contributed by atoms with Gasteiger partial charge in [0.05, 0.1) is 5.92 Å². The third-order valence-corrected chi connectivity index (χ3v) is 3.51. The SMILES string of the molecule is CC1NCCC1C(=O)Nc1ccc(N(C)C)cc1. The van der Waals surface area contributed by atoms with Crippen molar-refractivity contribution in [3.05, 3.63) is 24.3 Å². The summed E-state index contributed by atoms with van der Waals surface area (Å²) in [5.41, 5.74) is 1.99. The van der Waals surface area contributed by atoms with Crippen molar-refractivity contribution < 1.29 is 4.79 Å². The van der Waals surface area contributed by atoms with Crippen molar-refractivity contribution in [2.75, 3.05) is 30.9 Å². The third-order valence-electron chi connectivity index (χ3n) is 3.51. The first-order chi connectivity index (χ1) is 8.58. The molecule has 0 saturated carbocycles. The summed E-state index contributed by atoms with van der Waals surface area (Å²) >= 11 is 0. The van der Waals surface area contributed by atoms with Gasteiger partial charge < -0.3 is 15.5 Å². The molecular weight excluding hydrogens is 226 g/mol. The highest BCUT2D eigenvalue weighted by atomic mass is 16.1. The van der Waals surface area contributed by atoms with Gasteiger partial charge in [-0.1, -0.05) is 0 Å². The van der Waals surface area contributed by atoms with Crippen LogP contribution in [0.25, 0.3) is 0 Å². The molecule has 1 amide bonds. The second-order valence-electron chi connectivity index (χ2n) is 5.07. The van der Waals surface area contributed by atoms with Crippen molar-refractivity contribution >= 4 is 17.3 Å². The Kier molecular flexibility index (Phi) is 3.87. The van der Waals surface area contributed by atoms with Gasteiger partial charge in [0.2, 0.25) is 5.91 Å². The molecule has 0 aliphatic carbocycles. The number of nitrogens with one attached hydrogen (secondary N) is 2. The largest absolute Gasteiger partial charge is 0.378 e. The van der Waals surface area contributed by atoms with Crippen LogP contribution in [0, 0.1) is 5.92 Å². The molecule has 0 bridgehead atoms. The molecule has 1 saturated heterocycles. The van der Waals surface area contributed by atoms with E-state index in [4.69, 9.17) is 0 Å². The third kappa shape index (κ3) is 2.82. The predicted molar refractivity (Wildman–Crippen MR) is 75.0 cm³/mol. The maximum absolute atomic E-state index is 12.1. The molecule has 0 radical (unpaired) electrons. The van der Waals surface area contributed by atoms with Crippen LogP contribution in [0.4, 0.5) is 11.4 Å². The lowest BCUT2D eigenvalue weighted by molar-refractivity contribution is -0.119. The molecule has 1 aliphatic heterocycles. The van der Waals surface area contributed by atoms with Crippen LogP contribution in [-0.2, 0) is 4.79 Å². The van der Waals surface area contributed by atoms with E-state index in [2.05, 4.69) is 17.6 Å². The van der Waals surface area contributed by atoms with Crippen LogP contribution >= 0.6 is 0 Å². The number of amides is 1. The lowest BCUT2D eigenvalue weighted by atomic mass is 10.0. The lowest BCUT2D eigenvalue weighted by Crippen LogP contribution is -2.32. The Bertz CT molecular complexity index is 414. The molecule has 2 rings (SSSR count). The van der Waals surface area contributed by atoms with E-state index in [9.17, 15) is 4.79 Å². The fraction of sp³-hybridized carbons (Fsp3) is 0.500. The van der Waals surface area contributed by atoms with E-state index >= 15 is 0 Å². The molecule has 98 valence electrons. The highest BCUT2D eigenvalue weighted by Crippen LogP contribution is 2.20. The van der Waals surface area contributed by atoms with Crippen molar-refractivity contribution in [2.24, 2.45) is 5.92 Å². The van der Waals surface area contributed by atoms with Crippen LogP contribution in [0.1, 0.15) is 13.3 Å². The van der Waals surface area contributed by atoms with Crippen molar-refractivity contribution in [1.82, 2.24) is 5.32 Å². The summed E-state index contributed by atoms with van der Waals surface area (Å²) in [5, 5.41) is 6.28. The number of rotatable bonds is 3. The van der Waals surface area contributed by atoms with Crippen molar-refractivity contribution in [3.63, 3.8) is 0 Å². The zero-order chi connectivity index (χ0) is 13.1. The Morgan fingerprint density at radius 2 is 2.00 bits per heavy atom. The van der Waals surface area contributed by atoms with Gasteiger partial charge in [-0.15, -0.1) is 0 Å². The van der Waals surface area contributed by atoms with E-state index < -0.39 is 0 Å². The zero-order valence-electron chi connectivity index (χ0n) is 11.2. The first-order valence-electron chi connectivity index (χ1n) is 6.39. The number of hydrogen-bond acceptors (Lipinski definition) is 3. The number of benzene rings is 1. The molecule has 1 fully saturated rings. The highest BCUT2D eigenvalue weighted by Gasteiger charge is 2.29. The fourth-order valence-electron chi connectivity index (χ4n) is 2.29. The summed E-state index contributed by atoms with van der Waals surface area (Å²) in [6.07, 6.45) is 0.919. The molecule has 1 aromatic rings. The average molecular weight is 247 g/mol. The molecule has 2 unspecified atom stereocenters. The standard InChI is InChI=1S/C14H21N3O/c1-10-13(8-9-15-10)14(18)16-11-4-6-12(7-5-11)17(2)3/h4-7,10,13,15H,8-9H2,1-3H3,(H,16,18). The fourth-order valence-corrected chi connectivity index (χ4v) is 2.29. The van der Waals surface area contributed by atoms with Gasteiger partial charge in [0, 0.05) is 31.5 Å². The molecule has 0 aromatic heterocycles. The first kappa shape index (κ1) is 12.9. The summed E-state index contributed by atoms with van der Waals surface area (Å²) < 4.78 is 0. The predicted octanol–water partition coefficient (Wildman–Crippen LogP) is 1.69. The van der Waals surface area contributed by atoms with Gasteiger partial charge in [0.25, 0.3) is 0 Å². The van der Waals surface area contributed by atoms with Gasteiger partial charge in [0.15, 0.2) is 0 Å². The minimum Gasteiger partial charge on any atom is -0.378 e. The van der Waals surface area contributed by atoms with Crippen LogP contribution in [0.2, 0.25) is 0 Å². The van der Waals surface area contributed by atoms with Crippen LogP contribution in [0.5, 0.6) is 0 Å².